The molecule has 0 unspecified atom stereocenters. The topological polar surface area (TPSA) is 52.6 Å². The second kappa shape index (κ2) is 5.36. The Morgan fingerprint density at radius 1 is 1.41 bits per heavy atom. The summed E-state index contributed by atoms with van der Waals surface area (Å²) in [4.78, 5) is 13.9. The quantitative estimate of drug-likeness (QED) is 0.760. The maximum Gasteiger partial charge on any atom is 0.236 e. The number of nitrogens with one attached hydrogen (secondary N) is 1. The number of nitrogens with zero attached hydrogens (tertiary/aromatic N) is 1. The van der Waals surface area contributed by atoms with Crippen molar-refractivity contribution in [2.24, 2.45) is 11.3 Å². The van der Waals surface area contributed by atoms with Crippen LogP contribution in [0.1, 0.15) is 32.1 Å². The maximum atomic E-state index is 11.9. The first kappa shape index (κ1) is 12.8. The van der Waals surface area contributed by atoms with E-state index >= 15 is 0 Å². The van der Waals surface area contributed by atoms with Gasteiger partial charge in [-0.25, -0.2) is 0 Å². The molecular formula is C13H24N2O2. The highest BCUT2D eigenvalue weighted by molar-refractivity contribution is 5.78. The molecule has 0 aromatic heterocycles. The lowest BCUT2D eigenvalue weighted by Gasteiger charge is -2.37. The van der Waals surface area contributed by atoms with E-state index in [0.717, 1.165) is 13.1 Å². The molecule has 4 nitrogen and oxygen atoms in total. The van der Waals surface area contributed by atoms with E-state index in [-0.39, 0.29) is 17.9 Å². The molecule has 1 heterocycles. The molecule has 2 N–H and O–H groups in total. The van der Waals surface area contributed by atoms with E-state index in [2.05, 4.69) is 5.32 Å². The van der Waals surface area contributed by atoms with Crippen LogP contribution in [0.15, 0.2) is 0 Å². The molecule has 2 fully saturated rings. The van der Waals surface area contributed by atoms with Gasteiger partial charge >= 0.3 is 0 Å². The average Bonchev–Trinajstić information content (AvgIpc) is 2.69. The number of rotatable bonds is 3. The summed E-state index contributed by atoms with van der Waals surface area (Å²) < 4.78 is 0. The Bertz CT molecular complexity index is 275. The van der Waals surface area contributed by atoms with Crippen molar-refractivity contribution in [2.45, 2.75) is 32.1 Å². The van der Waals surface area contributed by atoms with E-state index in [1.54, 1.807) is 7.05 Å². The normalized spacial score (nSPS) is 27.6. The average molecular weight is 240 g/mol. The predicted molar refractivity (Wildman–Crippen MR) is 66.6 cm³/mol. The molecule has 1 atom stereocenters. The van der Waals surface area contributed by atoms with Crippen molar-refractivity contribution >= 4 is 5.91 Å². The van der Waals surface area contributed by atoms with Crippen LogP contribution in [0.5, 0.6) is 0 Å². The van der Waals surface area contributed by atoms with Crippen molar-refractivity contribution in [3.05, 3.63) is 0 Å². The second-order valence-corrected chi connectivity index (χ2v) is 5.61. The number of likely N-dealkylation sites (N-methyl/N-ethyl adjacent to an activating group) is 1. The summed E-state index contributed by atoms with van der Waals surface area (Å²) in [5.41, 5.74) is 0.219. The van der Waals surface area contributed by atoms with E-state index in [4.69, 9.17) is 0 Å². The van der Waals surface area contributed by atoms with E-state index in [1.165, 1.54) is 32.1 Å². The number of carbonyl (C=O) groups excluding carboxylic acids is 1. The van der Waals surface area contributed by atoms with Crippen molar-refractivity contribution in [3.8, 4) is 0 Å². The molecule has 2 aliphatic rings. The summed E-state index contributed by atoms with van der Waals surface area (Å²) in [6.45, 7) is 2.24. The highest BCUT2D eigenvalue weighted by Gasteiger charge is 2.47. The lowest BCUT2D eigenvalue weighted by Crippen LogP contribution is -2.38. The van der Waals surface area contributed by atoms with Gasteiger partial charge in [0.2, 0.25) is 5.91 Å². The van der Waals surface area contributed by atoms with E-state index in [9.17, 15) is 9.90 Å². The fourth-order valence-electron chi connectivity index (χ4n) is 3.56. The number of aliphatic hydroxyl groups excluding tert-OH is 1. The number of likely N-dealkylation sites (tertiary alicyclic amines) is 1. The molecule has 2 rings (SSSR count). The van der Waals surface area contributed by atoms with Gasteiger partial charge < -0.3 is 15.3 Å². The van der Waals surface area contributed by atoms with Gasteiger partial charge in [0.15, 0.2) is 0 Å². The van der Waals surface area contributed by atoms with Gasteiger partial charge in [-0.15, -0.1) is 0 Å². The standard InChI is InChI=1S/C13H24N2O2/c1-14-7-12(17)15-8-11(9-16)13(10-15)5-3-2-4-6-13/h11,14,16H,2-10H2,1H3/t11-/m0/s1. The molecule has 1 amide bonds. The molecule has 0 aromatic carbocycles. The Labute approximate surface area is 103 Å². The Balaban J connectivity index is 2.04. The fourth-order valence-corrected chi connectivity index (χ4v) is 3.56. The van der Waals surface area contributed by atoms with Crippen molar-refractivity contribution < 1.29 is 9.90 Å². The van der Waals surface area contributed by atoms with E-state index in [1.807, 2.05) is 4.90 Å². The van der Waals surface area contributed by atoms with Crippen LogP contribution in [0.2, 0.25) is 0 Å². The van der Waals surface area contributed by atoms with Crippen molar-refractivity contribution in [3.63, 3.8) is 0 Å². The highest BCUT2D eigenvalue weighted by atomic mass is 16.3. The fraction of sp³-hybridized carbons (Fsp3) is 0.923. The molecule has 1 aliphatic heterocycles. The minimum atomic E-state index is 0.174. The lowest BCUT2D eigenvalue weighted by atomic mass is 9.68. The maximum absolute atomic E-state index is 11.9. The van der Waals surface area contributed by atoms with Gasteiger partial charge in [0.05, 0.1) is 6.54 Å². The van der Waals surface area contributed by atoms with Gasteiger partial charge in [0.25, 0.3) is 0 Å². The number of hydrogen-bond donors (Lipinski definition) is 2. The first-order chi connectivity index (χ1) is 8.22. The van der Waals surface area contributed by atoms with Gasteiger partial charge in [0, 0.05) is 25.6 Å². The summed E-state index contributed by atoms with van der Waals surface area (Å²) in [7, 11) is 1.80. The number of amides is 1. The van der Waals surface area contributed by atoms with Gasteiger partial charge in [-0.2, -0.15) is 0 Å². The summed E-state index contributed by atoms with van der Waals surface area (Å²) in [6.07, 6.45) is 6.18. The number of aliphatic hydroxyl groups is 1. The first-order valence-electron chi connectivity index (χ1n) is 6.75. The predicted octanol–water partition coefficient (Wildman–Crippen LogP) is 0.607. The van der Waals surface area contributed by atoms with Gasteiger partial charge in [0.1, 0.15) is 0 Å². The van der Waals surface area contributed by atoms with Crippen LogP contribution in [-0.4, -0.2) is 49.2 Å². The SMILES string of the molecule is CNCC(=O)N1C[C@@H](CO)C2(CCCCC2)C1. The molecule has 0 aromatic rings. The smallest absolute Gasteiger partial charge is 0.236 e. The minimum absolute atomic E-state index is 0.174. The molecule has 4 heteroatoms. The molecule has 1 spiro atoms. The monoisotopic (exact) mass is 240 g/mol. The van der Waals surface area contributed by atoms with Gasteiger partial charge in [-0.05, 0) is 25.3 Å². The van der Waals surface area contributed by atoms with Crippen LogP contribution in [0, 0.1) is 11.3 Å². The summed E-state index contributed by atoms with van der Waals surface area (Å²) in [6, 6.07) is 0. The zero-order valence-electron chi connectivity index (χ0n) is 10.7. The highest BCUT2D eigenvalue weighted by Crippen LogP contribution is 2.47. The summed E-state index contributed by atoms with van der Waals surface area (Å²) in [5.74, 6) is 0.469. The Morgan fingerprint density at radius 2 is 2.12 bits per heavy atom. The van der Waals surface area contributed by atoms with Gasteiger partial charge in [-0.3, -0.25) is 4.79 Å². The molecule has 17 heavy (non-hydrogen) atoms. The molecule has 1 saturated heterocycles. The summed E-state index contributed by atoms with van der Waals surface area (Å²) >= 11 is 0. The Morgan fingerprint density at radius 3 is 2.71 bits per heavy atom. The Hall–Kier alpha value is -0.610. The number of hydrogen-bond acceptors (Lipinski definition) is 3. The molecule has 98 valence electrons. The van der Waals surface area contributed by atoms with Crippen molar-refractivity contribution in [1.29, 1.82) is 0 Å². The molecule has 1 saturated carbocycles. The van der Waals surface area contributed by atoms with Crippen LogP contribution in [0.25, 0.3) is 0 Å². The number of carbonyl (C=O) groups is 1. The third-order valence-electron chi connectivity index (χ3n) is 4.56. The largest absolute Gasteiger partial charge is 0.396 e. The van der Waals surface area contributed by atoms with Crippen LogP contribution in [0.4, 0.5) is 0 Å². The van der Waals surface area contributed by atoms with E-state index in [0.29, 0.717) is 12.5 Å². The second-order valence-electron chi connectivity index (χ2n) is 5.61. The van der Waals surface area contributed by atoms with Crippen molar-refractivity contribution in [1.82, 2.24) is 10.2 Å². The van der Waals surface area contributed by atoms with Crippen LogP contribution in [-0.2, 0) is 4.79 Å². The third kappa shape index (κ3) is 2.47. The lowest BCUT2D eigenvalue weighted by molar-refractivity contribution is -0.129. The third-order valence-corrected chi connectivity index (χ3v) is 4.56. The molecule has 0 bridgehead atoms. The first-order valence-corrected chi connectivity index (χ1v) is 6.75. The van der Waals surface area contributed by atoms with Crippen LogP contribution in [0.3, 0.4) is 0 Å². The van der Waals surface area contributed by atoms with Crippen molar-refractivity contribution in [2.75, 3.05) is 33.3 Å². The molecular weight excluding hydrogens is 216 g/mol. The van der Waals surface area contributed by atoms with Crippen LogP contribution < -0.4 is 5.32 Å². The van der Waals surface area contributed by atoms with Crippen LogP contribution >= 0.6 is 0 Å². The van der Waals surface area contributed by atoms with E-state index < -0.39 is 0 Å². The molecule has 0 radical (unpaired) electrons. The zero-order chi connectivity index (χ0) is 12.3. The Kier molecular flexibility index (Phi) is 4.05. The van der Waals surface area contributed by atoms with Gasteiger partial charge in [-0.1, -0.05) is 19.3 Å². The zero-order valence-corrected chi connectivity index (χ0v) is 10.7. The summed E-state index contributed by atoms with van der Waals surface area (Å²) in [5, 5.41) is 12.5. The molecule has 1 aliphatic carbocycles. The minimum Gasteiger partial charge on any atom is -0.396 e.